The third kappa shape index (κ3) is 4.60. The Balaban J connectivity index is 2.00. The molecule has 2 aromatic rings. The standard InChI is InChI=1S/C20H23ClN2O2/c1-13-7-5-8-14(2)18(13)23-17(24)12-22-19(25)20(3,4)15-9-6-10-16(21)11-15/h5-11H,12H2,1-4H3,(H,22,25)(H,23,24). The lowest BCUT2D eigenvalue weighted by Gasteiger charge is -2.24. The minimum atomic E-state index is -0.788. The van der Waals surface area contributed by atoms with Crippen molar-refractivity contribution in [2.75, 3.05) is 11.9 Å². The van der Waals surface area contributed by atoms with E-state index in [9.17, 15) is 9.59 Å². The summed E-state index contributed by atoms with van der Waals surface area (Å²) in [5.74, 6) is -0.487. The number of para-hydroxylation sites is 1. The van der Waals surface area contributed by atoms with Gasteiger partial charge in [0.2, 0.25) is 11.8 Å². The maximum absolute atomic E-state index is 12.5. The van der Waals surface area contributed by atoms with E-state index in [0.717, 1.165) is 22.4 Å². The van der Waals surface area contributed by atoms with Crippen LogP contribution in [0, 0.1) is 13.8 Å². The zero-order valence-corrected chi connectivity index (χ0v) is 15.7. The van der Waals surface area contributed by atoms with E-state index in [1.165, 1.54) is 0 Å². The summed E-state index contributed by atoms with van der Waals surface area (Å²) in [5, 5.41) is 6.14. The van der Waals surface area contributed by atoms with Crippen molar-refractivity contribution in [3.63, 3.8) is 0 Å². The van der Waals surface area contributed by atoms with Gasteiger partial charge >= 0.3 is 0 Å². The number of carbonyl (C=O) groups is 2. The summed E-state index contributed by atoms with van der Waals surface area (Å²) in [4.78, 5) is 24.7. The van der Waals surface area contributed by atoms with Crippen LogP contribution in [0.2, 0.25) is 5.02 Å². The average Bonchev–Trinajstić information content (AvgIpc) is 2.56. The Bertz CT molecular complexity index is 780. The summed E-state index contributed by atoms with van der Waals surface area (Å²) in [6.45, 7) is 7.39. The van der Waals surface area contributed by atoms with Gasteiger partial charge in [-0.1, -0.05) is 41.9 Å². The van der Waals surface area contributed by atoms with Crippen molar-refractivity contribution in [2.45, 2.75) is 33.1 Å². The third-order valence-electron chi connectivity index (χ3n) is 4.27. The lowest BCUT2D eigenvalue weighted by molar-refractivity contribution is -0.127. The summed E-state index contributed by atoms with van der Waals surface area (Å²) in [6, 6.07) is 13.0. The van der Waals surface area contributed by atoms with Gasteiger partial charge in [-0.2, -0.15) is 0 Å². The van der Waals surface area contributed by atoms with Gasteiger partial charge in [-0.25, -0.2) is 0 Å². The van der Waals surface area contributed by atoms with Crippen LogP contribution in [0.25, 0.3) is 0 Å². The molecule has 2 aromatic carbocycles. The molecule has 0 bridgehead atoms. The Labute approximate surface area is 153 Å². The number of halogens is 1. The number of amides is 2. The number of hydrogen-bond acceptors (Lipinski definition) is 2. The van der Waals surface area contributed by atoms with Gasteiger partial charge in [-0.05, 0) is 56.5 Å². The predicted octanol–water partition coefficient (Wildman–Crippen LogP) is 3.99. The fraction of sp³-hybridized carbons (Fsp3) is 0.300. The first-order valence-electron chi connectivity index (χ1n) is 8.12. The smallest absolute Gasteiger partial charge is 0.243 e. The van der Waals surface area contributed by atoms with Crippen LogP contribution in [-0.4, -0.2) is 18.4 Å². The third-order valence-corrected chi connectivity index (χ3v) is 4.50. The van der Waals surface area contributed by atoms with Crippen LogP contribution in [0.3, 0.4) is 0 Å². The largest absolute Gasteiger partial charge is 0.346 e. The number of hydrogen-bond donors (Lipinski definition) is 2. The van der Waals surface area contributed by atoms with E-state index >= 15 is 0 Å². The lowest BCUT2D eigenvalue weighted by Crippen LogP contribution is -2.43. The normalized spacial score (nSPS) is 11.1. The van der Waals surface area contributed by atoms with E-state index in [2.05, 4.69) is 10.6 Å². The Hall–Kier alpha value is -2.33. The molecule has 0 radical (unpaired) electrons. The van der Waals surface area contributed by atoms with E-state index in [4.69, 9.17) is 11.6 Å². The molecule has 0 unspecified atom stereocenters. The number of benzene rings is 2. The molecule has 0 saturated heterocycles. The molecule has 25 heavy (non-hydrogen) atoms. The van der Waals surface area contributed by atoms with Gasteiger partial charge in [0, 0.05) is 10.7 Å². The second-order valence-corrected chi connectivity index (χ2v) is 7.07. The Kier molecular flexibility index (Phi) is 5.85. The maximum Gasteiger partial charge on any atom is 0.243 e. The monoisotopic (exact) mass is 358 g/mol. The van der Waals surface area contributed by atoms with Crippen LogP contribution in [-0.2, 0) is 15.0 Å². The Morgan fingerprint density at radius 3 is 2.24 bits per heavy atom. The maximum atomic E-state index is 12.5. The first kappa shape index (κ1) is 19.0. The van der Waals surface area contributed by atoms with Crippen molar-refractivity contribution >= 4 is 29.1 Å². The summed E-state index contributed by atoms with van der Waals surface area (Å²) in [6.07, 6.45) is 0. The zero-order chi connectivity index (χ0) is 18.6. The molecule has 2 rings (SSSR count). The molecule has 5 heteroatoms. The van der Waals surface area contributed by atoms with E-state index in [1.807, 2.05) is 38.1 Å². The highest BCUT2D eigenvalue weighted by Gasteiger charge is 2.30. The molecule has 0 fully saturated rings. The second-order valence-electron chi connectivity index (χ2n) is 6.63. The summed E-state index contributed by atoms with van der Waals surface area (Å²) in [7, 11) is 0. The van der Waals surface area contributed by atoms with Crippen molar-refractivity contribution in [1.29, 1.82) is 0 Å². The van der Waals surface area contributed by atoms with Crippen LogP contribution in [0.5, 0.6) is 0 Å². The predicted molar refractivity (Wildman–Crippen MR) is 102 cm³/mol. The molecule has 0 spiro atoms. The number of nitrogens with one attached hydrogen (secondary N) is 2. The molecule has 0 aromatic heterocycles. The molecular weight excluding hydrogens is 336 g/mol. The fourth-order valence-electron chi connectivity index (χ4n) is 2.59. The summed E-state index contributed by atoms with van der Waals surface area (Å²) in [5.41, 5.74) is 2.77. The molecule has 2 amide bonds. The lowest BCUT2D eigenvalue weighted by atomic mass is 9.84. The van der Waals surface area contributed by atoms with Gasteiger partial charge in [-0.3, -0.25) is 9.59 Å². The van der Waals surface area contributed by atoms with Crippen molar-refractivity contribution in [1.82, 2.24) is 5.32 Å². The van der Waals surface area contributed by atoms with Crippen molar-refractivity contribution in [2.24, 2.45) is 0 Å². The van der Waals surface area contributed by atoms with Gasteiger partial charge in [0.1, 0.15) is 0 Å². The topological polar surface area (TPSA) is 58.2 Å². The molecule has 2 N–H and O–H groups in total. The van der Waals surface area contributed by atoms with Gasteiger partial charge in [0.25, 0.3) is 0 Å². The van der Waals surface area contributed by atoms with Gasteiger partial charge in [0.15, 0.2) is 0 Å². The molecule has 0 aliphatic heterocycles. The molecule has 0 heterocycles. The molecule has 0 atom stereocenters. The van der Waals surface area contributed by atoms with Crippen LogP contribution >= 0.6 is 11.6 Å². The first-order valence-corrected chi connectivity index (χ1v) is 8.50. The van der Waals surface area contributed by atoms with Gasteiger partial charge in [0.05, 0.1) is 12.0 Å². The highest BCUT2D eigenvalue weighted by Crippen LogP contribution is 2.25. The molecule has 0 aliphatic rings. The van der Waals surface area contributed by atoms with Gasteiger partial charge < -0.3 is 10.6 Å². The number of aryl methyl sites for hydroxylation is 2. The van der Waals surface area contributed by atoms with Crippen molar-refractivity contribution in [3.8, 4) is 0 Å². The molecule has 4 nitrogen and oxygen atoms in total. The van der Waals surface area contributed by atoms with Crippen LogP contribution in [0.1, 0.15) is 30.5 Å². The second kappa shape index (κ2) is 7.70. The molecule has 132 valence electrons. The average molecular weight is 359 g/mol. The number of rotatable bonds is 5. The van der Waals surface area contributed by atoms with Crippen LogP contribution in [0.15, 0.2) is 42.5 Å². The zero-order valence-electron chi connectivity index (χ0n) is 14.9. The number of anilines is 1. The van der Waals surface area contributed by atoms with Crippen LogP contribution in [0.4, 0.5) is 5.69 Å². The number of carbonyl (C=O) groups excluding carboxylic acids is 2. The van der Waals surface area contributed by atoms with E-state index in [0.29, 0.717) is 5.02 Å². The molecule has 0 aliphatic carbocycles. The van der Waals surface area contributed by atoms with Crippen molar-refractivity contribution < 1.29 is 9.59 Å². The highest BCUT2D eigenvalue weighted by molar-refractivity contribution is 6.30. The van der Waals surface area contributed by atoms with Crippen LogP contribution < -0.4 is 10.6 Å². The van der Waals surface area contributed by atoms with E-state index in [1.54, 1.807) is 32.0 Å². The first-order chi connectivity index (χ1) is 11.7. The Morgan fingerprint density at radius 2 is 1.64 bits per heavy atom. The minimum absolute atomic E-state index is 0.0867. The quantitative estimate of drug-likeness (QED) is 0.849. The molecular formula is C20H23ClN2O2. The van der Waals surface area contributed by atoms with E-state index in [-0.39, 0.29) is 18.4 Å². The van der Waals surface area contributed by atoms with Crippen molar-refractivity contribution in [3.05, 3.63) is 64.2 Å². The minimum Gasteiger partial charge on any atom is -0.346 e. The fourth-order valence-corrected chi connectivity index (χ4v) is 2.78. The summed E-state index contributed by atoms with van der Waals surface area (Å²) < 4.78 is 0. The van der Waals surface area contributed by atoms with Gasteiger partial charge in [-0.15, -0.1) is 0 Å². The highest BCUT2D eigenvalue weighted by atomic mass is 35.5. The summed E-state index contributed by atoms with van der Waals surface area (Å²) >= 11 is 6.01. The molecule has 0 saturated carbocycles. The van der Waals surface area contributed by atoms with E-state index < -0.39 is 5.41 Å². The SMILES string of the molecule is Cc1cccc(C)c1NC(=O)CNC(=O)C(C)(C)c1cccc(Cl)c1. The Morgan fingerprint density at radius 1 is 1.04 bits per heavy atom.